The van der Waals surface area contributed by atoms with Gasteiger partial charge in [-0.15, -0.1) is 0 Å². The van der Waals surface area contributed by atoms with Crippen molar-refractivity contribution in [2.24, 2.45) is 11.8 Å². The molecule has 12 heteroatoms. The van der Waals surface area contributed by atoms with E-state index in [0.29, 0.717) is 11.1 Å². The predicted molar refractivity (Wildman–Crippen MR) is 164 cm³/mol. The second kappa shape index (κ2) is 11.6. The Hall–Kier alpha value is -3.35. The fourth-order valence-electron chi connectivity index (χ4n) is 5.49. The van der Waals surface area contributed by atoms with Crippen molar-refractivity contribution < 1.29 is 32.1 Å². The third-order valence-electron chi connectivity index (χ3n) is 9.02. The zero-order valence-electron chi connectivity index (χ0n) is 25.9. The number of nitro benzene ring substituents is 1. The van der Waals surface area contributed by atoms with Gasteiger partial charge in [0, 0.05) is 18.1 Å². The molecule has 4 rings (SSSR count). The Labute approximate surface area is 254 Å². The first kappa shape index (κ1) is 32.6. The van der Waals surface area contributed by atoms with E-state index in [1.54, 1.807) is 12.1 Å². The molecule has 2 aliphatic heterocycles. The minimum Gasteiger partial charge on any atom is -0.456 e. The molecule has 10 nitrogen and oxygen atoms in total. The number of fused-ring (bicyclic) bond motifs is 1. The third kappa shape index (κ3) is 6.32. The average molecular weight is 629 g/mol. The minimum absolute atomic E-state index is 0.0455. The van der Waals surface area contributed by atoms with Crippen LogP contribution in [0.4, 0.5) is 5.69 Å². The number of sulfone groups is 1. The number of ether oxygens (including phenoxy) is 1. The van der Waals surface area contributed by atoms with Gasteiger partial charge in [-0.2, -0.15) is 0 Å². The zero-order valence-corrected chi connectivity index (χ0v) is 27.7. The van der Waals surface area contributed by atoms with Crippen molar-refractivity contribution in [3.8, 4) is 0 Å². The normalized spacial score (nSPS) is 21.3. The van der Waals surface area contributed by atoms with E-state index < -0.39 is 58.8 Å². The van der Waals surface area contributed by atoms with Crippen LogP contribution in [0.15, 0.2) is 64.7 Å². The molecule has 2 heterocycles. The summed E-state index contributed by atoms with van der Waals surface area (Å²) in [6.45, 7) is 16.0. The van der Waals surface area contributed by atoms with Gasteiger partial charge in [-0.25, -0.2) is 13.2 Å². The van der Waals surface area contributed by atoms with Gasteiger partial charge in [0.1, 0.15) is 12.3 Å². The van der Waals surface area contributed by atoms with Crippen LogP contribution in [0.5, 0.6) is 0 Å². The number of non-ortho nitro benzene ring substituents is 1. The number of hydrogen-bond donors (Lipinski definition) is 0. The van der Waals surface area contributed by atoms with Crippen molar-refractivity contribution in [3.63, 3.8) is 0 Å². The second-order valence-electron chi connectivity index (χ2n) is 13.0. The number of nitrogens with zero attached hydrogens (tertiary/aromatic N) is 2. The van der Waals surface area contributed by atoms with Gasteiger partial charge >= 0.3 is 5.97 Å². The SMILES string of the molecule is Cc1ccc(S(=O)(=O)CC2=C(C(=O)OCc3ccc([N+](=O)[O-])cc3)N3C(=O)[C@@H]([C@@H](C)O[Si](C)(C)C(C)(C)C)[C@H]3[C@H]2C)cc1. The molecule has 0 bridgehead atoms. The molecule has 2 aromatic rings. The van der Waals surface area contributed by atoms with Gasteiger partial charge in [-0.05, 0) is 67.4 Å². The van der Waals surface area contributed by atoms with Crippen molar-refractivity contribution in [3.05, 3.63) is 81.0 Å². The average Bonchev–Trinajstić information content (AvgIpc) is 3.14. The Morgan fingerprint density at radius 1 is 1.09 bits per heavy atom. The molecule has 0 aromatic heterocycles. The fourth-order valence-corrected chi connectivity index (χ4v) is 8.45. The predicted octanol–water partition coefficient (Wildman–Crippen LogP) is 5.56. The summed E-state index contributed by atoms with van der Waals surface area (Å²) in [5.41, 5.74) is 1.61. The standard InChI is InChI=1S/C31H40N2O8SSi/c1-19-9-15-24(16-10-19)42(38,39)18-25-20(2)27-26(21(3)41-43(7,8)31(4,5)6)29(34)32(27)28(25)30(35)40-17-22-11-13-23(14-12-22)33(36)37/h9-16,20-21,26-27H,17-18H2,1-8H3/t20-,21+,26-,27+/m0/s1. The molecule has 0 N–H and O–H groups in total. The topological polar surface area (TPSA) is 133 Å². The van der Waals surface area contributed by atoms with E-state index in [0.717, 1.165) is 5.56 Å². The van der Waals surface area contributed by atoms with Gasteiger partial charge < -0.3 is 14.1 Å². The Bertz CT molecular complexity index is 1560. The van der Waals surface area contributed by atoms with Gasteiger partial charge in [0.2, 0.25) is 5.91 Å². The number of carbonyl (C=O) groups is 2. The Kier molecular flexibility index (Phi) is 8.80. The van der Waals surface area contributed by atoms with Crippen LogP contribution < -0.4 is 0 Å². The molecule has 2 aliphatic rings. The number of esters is 1. The minimum atomic E-state index is -3.85. The maximum atomic E-state index is 13.7. The molecule has 0 spiro atoms. The summed E-state index contributed by atoms with van der Waals surface area (Å²) in [6, 6.07) is 11.6. The van der Waals surface area contributed by atoms with Crippen molar-refractivity contribution >= 4 is 35.7 Å². The molecule has 1 amide bonds. The molecule has 0 saturated carbocycles. The van der Waals surface area contributed by atoms with Crippen LogP contribution in [0.2, 0.25) is 18.1 Å². The van der Waals surface area contributed by atoms with E-state index in [4.69, 9.17) is 9.16 Å². The number of nitro groups is 1. The monoisotopic (exact) mass is 628 g/mol. The Morgan fingerprint density at radius 3 is 2.21 bits per heavy atom. The zero-order chi connectivity index (χ0) is 32.1. The van der Waals surface area contributed by atoms with Crippen molar-refractivity contribution in [2.45, 2.75) is 83.3 Å². The first-order valence-electron chi connectivity index (χ1n) is 14.3. The summed E-state index contributed by atoms with van der Waals surface area (Å²) in [5, 5.41) is 10.9. The molecule has 1 fully saturated rings. The van der Waals surface area contributed by atoms with E-state index in [-0.39, 0.29) is 33.8 Å². The molecule has 2 aromatic carbocycles. The lowest BCUT2D eigenvalue weighted by atomic mass is 9.78. The Morgan fingerprint density at radius 2 is 1.67 bits per heavy atom. The number of rotatable bonds is 10. The molecule has 232 valence electrons. The molecule has 4 atom stereocenters. The van der Waals surface area contributed by atoms with Crippen molar-refractivity contribution in [2.75, 3.05) is 5.75 Å². The molecule has 43 heavy (non-hydrogen) atoms. The highest BCUT2D eigenvalue weighted by atomic mass is 32.2. The maximum Gasteiger partial charge on any atom is 0.355 e. The maximum absolute atomic E-state index is 13.7. The van der Waals surface area contributed by atoms with E-state index >= 15 is 0 Å². The molecular weight excluding hydrogens is 589 g/mol. The number of aryl methyl sites for hydroxylation is 1. The van der Waals surface area contributed by atoms with Crippen LogP contribution in [0.3, 0.4) is 0 Å². The molecule has 0 radical (unpaired) electrons. The molecule has 0 unspecified atom stereocenters. The van der Waals surface area contributed by atoms with Crippen LogP contribution in [0.25, 0.3) is 0 Å². The highest BCUT2D eigenvalue weighted by Gasteiger charge is 2.61. The number of carbonyl (C=O) groups excluding carboxylic acids is 2. The van der Waals surface area contributed by atoms with E-state index in [2.05, 4.69) is 33.9 Å². The lowest BCUT2D eigenvalue weighted by molar-refractivity contribution is -0.384. The van der Waals surface area contributed by atoms with E-state index in [9.17, 15) is 28.1 Å². The van der Waals surface area contributed by atoms with Crippen molar-refractivity contribution in [1.82, 2.24) is 4.90 Å². The van der Waals surface area contributed by atoms with E-state index in [1.165, 1.54) is 41.3 Å². The van der Waals surface area contributed by atoms with Crippen LogP contribution in [-0.4, -0.2) is 56.3 Å². The first-order chi connectivity index (χ1) is 19.9. The van der Waals surface area contributed by atoms with Gasteiger partial charge in [-0.3, -0.25) is 14.9 Å². The summed E-state index contributed by atoms with van der Waals surface area (Å²) in [7, 11) is -6.08. The number of amides is 1. The van der Waals surface area contributed by atoms with Gasteiger partial charge in [0.15, 0.2) is 18.2 Å². The van der Waals surface area contributed by atoms with Crippen molar-refractivity contribution in [1.29, 1.82) is 0 Å². The fraction of sp³-hybridized carbons (Fsp3) is 0.484. The van der Waals surface area contributed by atoms with Crippen LogP contribution in [-0.2, 0) is 35.2 Å². The van der Waals surface area contributed by atoms with Gasteiger partial charge in [0.05, 0.1) is 33.6 Å². The summed E-state index contributed by atoms with van der Waals surface area (Å²) in [6.07, 6.45) is -0.428. The summed E-state index contributed by atoms with van der Waals surface area (Å²) >= 11 is 0. The third-order valence-corrected chi connectivity index (χ3v) is 15.3. The van der Waals surface area contributed by atoms with Crippen LogP contribution in [0, 0.1) is 28.9 Å². The largest absolute Gasteiger partial charge is 0.456 e. The molecule has 0 aliphatic carbocycles. The van der Waals surface area contributed by atoms with Crippen LogP contribution in [0.1, 0.15) is 45.7 Å². The number of benzene rings is 2. The summed E-state index contributed by atoms with van der Waals surface area (Å²) in [4.78, 5) is 39.2. The number of β-lactam (4-membered cyclic amide) rings is 1. The van der Waals surface area contributed by atoms with Gasteiger partial charge in [0.25, 0.3) is 5.69 Å². The number of hydrogen-bond acceptors (Lipinski definition) is 8. The molecular formula is C31H40N2O8SSi. The van der Waals surface area contributed by atoms with Crippen LogP contribution >= 0.6 is 0 Å². The highest BCUT2D eigenvalue weighted by molar-refractivity contribution is 7.91. The first-order valence-corrected chi connectivity index (χ1v) is 18.9. The quantitative estimate of drug-likeness (QED) is 0.110. The Balaban J connectivity index is 1.65. The smallest absolute Gasteiger partial charge is 0.355 e. The highest BCUT2D eigenvalue weighted by Crippen LogP contribution is 2.49. The summed E-state index contributed by atoms with van der Waals surface area (Å²) < 4.78 is 39.2. The van der Waals surface area contributed by atoms with Gasteiger partial charge in [-0.1, -0.05) is 45.4 Å². The lowest BCUT2D eigenvalue weighted by Crippen LogP contribution is -2.65. The molecule has 1 saturated heterocycles. The summed E-state index contributed by atoms with van der Waals surface area (Å²) in [5.74, 6) is -2.53. The van der Waals surface area contributed by atoms with E-state index in [1.807, 2.05) is 20.8 Å². The lowest BCUT2D eigenvalue weighted by Gasteiger charge is -2.50. The second-order valence-corrected chi connectivity index (χ2v) is 19.8.